The summed E-state index contributed by atoms with van der Waals surface area (Å²) in [6.45, 7) is 4.39. The number of carboxylic acids is 1. The molecule has 2 rings (SSSR count). The maximum Gasteiger partial charge on any atom is 0.305 e. The number of aryl methyl sites for hydroxylation is 1. The van der Waals surface area contributed by atoms with Crippen LogP contribution >= 0.6 is 11.6 Å². The van der Waals surface area contributed by atoms with E-state index in [1.165, 1.54) is 0 Å². The Balaban J connectivity index is 2.78. The molecule has 0 amide bonds. The maximum atomic E-state index is 10.8. The van der Waals surface area contributed by atoms with Gasteiger partial charge in [0.15, 0.2) is 0 Å². The van der Waals surface area contributed by atoms with Gasteiger partial charge >= 0.3 is 5.97 Å². The molecule has 1 heterocycles. The SMILES string of the molecule is CC=c1c(=CC)n(CCC(=O)O)c2ccc(Cl)cc12. The molecule has 0 aliphatic carbocycles. The number of fused-ring (bicyclic) bond motifs is 1. The van der Waals surface area contributed by atoms with Gasteiger partial charge in [-0.2, -0.15) is 0 Å². The number of hydrogen-bond donors (Lipinski definition) is 1. The number of aromatic nitrogens is 1. The predicted octanol–water partition coefficient (Wildman–Crippen LogP) is 2.37. The molecular weight excluding hydrogens is 262 g/mol. The van der Waals surface area contributed by atoms with Crippen molar-refractivity contribution in [3.63, 3.8) is 0 Å². The normalized spacial score (nSPS) is 13.4. The standard InChI is InChI=1S/C15H16ClNO2/c1-3-11-12-9-10(16)5-6-14(12)17(13(11)4-2)8-7-15(18)19/h3-6,9H,7-8H2,1-2H3,(H,18,19). The first kappa shape index (κ1) is 13.7. The van der Waals surface area contributed by atoms with Crippen molar-refractivity contribution in [2.24, 2.45) is 0 Å². The van der Waals surface area contributed by atoms with E-state index in [0.29, 0.717) is 11.6 Å². The molecule has 0 aliphatic rings. The van der Waals surface area contributed by atoms with Crippen LogP contribution < -0.4 is 10.6 Å². The fourth-order valence-electron chi connectivity index (χ4n) is 2.44. The minimum atomic E-state index is -0.792. The van der Waals surface area contributed by atoms with E-state index in [1.807, 2.05) is 48.8 Å². The van der Waals surface area contributed by atoms with Crippen molar-refractivity contribution in [2.45, 2.75) is 26.8 Å². The van der Waals surface area contributed by atoms with Crippen molar-refractivity contribution >= 4 is 40.6 Å². The summed E-state index contributed by atoms with van der Waals surface area (Å²) >= 11 is 6.05. The van der Waals surface area contributed by atoms with Gasteiger partial charge in [-0.1, -0.05) is 23.8 Å². The van der Waals surface area contributed by atoms with Crippen LogP contribution in [0.25, 0.3) is 23.1 Å². The van der Waals surface area contributed by atoms with E-state index in [-0.39, 0.29) is 6.42 Å². The van der Waals surface area contributed by atoms with Gasteiger partial charge in [0.1, 0.15) is 0 Å². The Bertz CT molecular complexity index is 744. The van der Waals surface area contributed by atoms with E-state index in [9.17, 15) is 4.79 Å². The number of nitrogens with zero attached hydrogens (tertiary/aromatic N) is 1. The zero-order valence-electron chi connectivity index (χ0n) is 11.0. The molecule has 19 heavy (non-hydrogen) atoms. The van der Waals surface area contributed by atoms with E-state index in [0.717, 1.165) is 21.5 Å². The van der Waals surface area contributed by atoms with Crippen LogP contribution in [0.15, 0.2) is 18.2 Å². The average Bonchev–Trinajstić information content (AvgIpc) is 2.68. The van der Waals surface area contributed by atoms with Gasteiger partial charge < -0.3 is 9.67 Å². The summed E-state index contributed by atoms with van der Waals surface area (Å²) in [7, 11) is 0. The smallest absolute Gasteiger partial charge is 0.305 e. The summed E-state index contributed by atoms with van der Waals surface area (Å²) in [5.41, 5.74) is 1.02. The molecule has 0 atom stereocenters. The summed E-state index contributed by atoms with van der Waals surface area (Å²) in [4.78, 5) is 10.8. The second-order valence-corrected chi connectivity index (χ2v) is 4.77. The predicted molar refractivity (Wildman–Crippen MR) is 78.7 cm³/mol. The third-order valence-electron chi connectivity index (χ3n) is 3.22. The van der Waals surface area contributed by atoms with Crippen LogP contribution in [0.2, 0.25) is 5.02 Å². The first-order chi connectivity index (χ1) is 9.08. The average molecular weight is 278 g/mol. The lowest BCUT2D eigenvalue weighted by Crippen LogP contribution is -2.29. The van der Waals surface area contributed by atoms with Gasteiger partial charge in [-0.15, -0.1) is 0 Å². The zero-order chi connectivity index (χ0) is 14.0. The Kier molecular flexibility index (Phi) is 3.96. The minimum Gasteiger partial charge on any atom is -0.481 e. The molecule has 0 fully saturated rings. The molecule has 0 bridgehead atoms. The van der Waals surface area contributed by atoms with Gasteiger partial charge in [0.05, 0.1) is 6.42 Å². The fraction of sp³-hybridized carbons (Fsp3) is 0.267. The van der Waals surface area contributed by atoms with E-state index in [4.69, 9.17) is 16.7 Å². The van der Waals surface area contributed by atoms with Crippen molar-refractivity contribution in [1.29, 1.82) is 0 Å². The van der Waals surface area contributed by atoms with Crippen molar-refractivity contribution < 1.29 is 9.90 Å². The highest BCUT2D eigenvalue weighted by molar-refractivity contribution is 6.31. The van der Waals surface area contributed by atoms with Crippen molar-refractivity contribution in [3.8, 4) is 0 Å². The molecular formula is C15H16ClNO2. The van der Waals surface area contributed by atoms with E-state index >= 15 is 0 Å². The Morgan fingerprint density at radius 2 is 2.11 bits per heavy atom. The second kappa shape index (κ2) is 5.49. The molecule has 0 radical (unpaired) electrons. The molecule has 4 heteroatoms. The monoisotopic (exact) mass is 277 g/mol. The molecule has 0 unspecified atom stereocenters. The molecule has 1 aromatic carbocycles. The van der Waals surface area contributed by atoms with Crippen LogP contribution in [0, 0.1) is 0 Å². The third-order valence-corrected chi connectivity index (χ3v) is 3.45. The van der Waals surface area contributed by atoms with Crippen LogP contribution in [0.5, 0.6) is 0 Å². The zero-order valence-corrected chi connectivity index (χ0v) is 11.7. The molecule has 0 spiro atoms. The van der Waals surface area contributed by atoms with Gasteiger partial charge in [-0.05, 0) is 32.0 Å². The number of aliphatic carboxylic acids is 1. The Labute approximate surface area is 116 Å². The van der Waals surface area contributed by atoms with Gasteiger partial charge in [0, 0.05) is 33.0 Å². The minimum absolute atomic E-state index is 0.108. The number of halogens is 1. The van der Waals surface area contributed by atoms with Gasteiger partial charge in [-0.3, -0.25) is 4.79 Å². The van der Waals surface area contributed by atoms with Crippen LogP contribution in [-0.2, 0) is 11.3 Å². The summed E-state index contributed by atoms with van der Waals surface area (Å²) in [6, 6.07) is 5.70. The molecule has 100 valence electrons. The van der Waals surface area contributed by atoms with E-state index in [1.54, 1.807) is 0 Å². The van der Waals surface area contributed by atoms with Gasteiger partial charge in [0.25, 0.3) is 0 Å². The van der Waals surface area contributed by atoms with Gasteiger partial charge in [0.2, 0.25) is 0 Å². The van der Waals surface area contributed by atoms with Crippen LogP contribution in [0.4, 0.5) is 0 Å². The lowest BCUT2D eigenvalue weighted by atomic mass is 10.2. The van der Waals surface area contributed by atoms with E-state index in [2.05, 4.69) is 0 Å². The maximum absolute atomic E-state index is 10.8. The van der Waals surface area contributed by atoms with Crippen molar-refractivity contribution in [2.75, 3.05) is 0 Å². The highest BCUT2D eigenvalue weighted by Gasteiger charge is 2.08. The number of carbonyl (C=O) groups is 1. The number of hydrogen-bond acceptors (Lipinski definition) is 1. The summed E-state index contributed by atoms with van der Waals surface area (Å²) < 4.78 is 2.04. The van der Waals surface area contributed by atoms with E-state index < -0.39 is 5.97 Å². The van der Waals surface area contributed by atoms with Crippen molar-refractivity contribution in [1.82, 2.24) is 4.57 Å². The topological polar surface area (TPSA) is 42.2 Å². The number of carboxylic acid groups (broad SMARTS) is 1. The number of benzene rings is 1. The number of rotatable bonds is 3. The summed E-state index contributed by atoms with van der Waals surface area (Å²) in [5, 5.41) is 12.8. The molecule has 0 saturated carbocycles. The highest BCUT2D eigenvalue weighted by Crippen LogP contribution is 2.16. The van der Waals surface area contributed by atoms with Gasteiger partial charge in [-0.25, -0.2) is 0 Å². The lowest BCUT2D eigenvalue weighted by Gasteiger charge is -2.04. The molecule has 3 nitrogen and oxygen atoms in total. The highest BCUT2D eigenvalue weighted by atomic mass is 35.5. The summed E-state index contributed by atoms with van der Waals surface area (Å²) in [5.74, 6) is -0.792. The summed E-state index contributed by atoms with van der Waals surface area (Å²) in [6.07, 6.45) is 4.15. The Hall–Kier alpha value is -1.74. The molecule has 1 aromatic heterocycles. The molecule has 0 saturated heterocycles. The second-order valence-electron chi connectivity index (χ2n) is 4.33. The first-order valence-corrected chi connectivity index (χ1v) is 6.58. The van der Waals surface area contributed by atoms with Crippen molar-refractivity contribution in [3.05, 3.63) is 33.8 Å². The lowest BCUT2D eigenvalue weighted by molar-refractivity contribution is -0.137. The van der Waals surface area contributed by atoms with Crippen LogP contribution in [0.3, 0.4) is 0 Å². The Morgan fingerprint density at radius 3 is 2.68 bits per heavy atom. The fourth-order valence-corrected chi connectivity index (χ4v) is 2.61. The molecule has 0 aliphatic heterocycles. The quantitative estimate of drug-likeness (QED) is 0.936. The van der Waals surface area contributed by atoms with Crippen LogP contribution in [0.1, 0.15) is 20.3 Å². The third kappa shape index (κ3) is 2.51. The molecule has 2 aromatic rings. The largest absolute Gasteiger partial charge is 0.481 e. The Morgan fingerprint density at radius 1 is 1.37 bits per heavy atom. The first-order valence-electron chi connectivity index (χ1n) is 6.20. The van der Waals surface area contributed by atoms with Crippen LogP contribution in [-0.4, -0.2) is 15.6 Å². The molecule has 1 N–H and O–H groups in total.